The van der Waals surface area contributed by atoms with E-state index in [4.69, 9.17) is 9.40 Å². The molecule has 0 aliphatic heterocycles. The molecule has 2 aromatic rings. The van der Waals surface area contributed by atoms with E-state index in [1.165, 1.54) is 66.7 Å². The summed E-state index contributed by atoms with van der Waals surface area (Å²) in [5, 5.41) is 5.64. The lowest BCUT2D eigenvalue weighted by molar-refractivity contribution is -0.116. The number of amides is 2. The van der Waals surface area contributed by atoms with Crippen LogP contribution in [0.5, 0.6) is 0 Å². The number of nitrogens with one attached hydrogen (secondary N) is 1. The van der Waals surface area contributed by atoms with Crippen LogP contribution in [0.1, 0.15) is 54.8 Å². The average molecular weight is 400 g/mol. The molecule has 28 heavy (non-hydrogen) atoms. The fraction of sp³-hybridized carbons (Fsp3) is 0.571. The Morgan fingerprint density at radius 1 is 1.25 bits per heavy atom. The Morgan fingerprint density at radius 3 is 2.54 bits per heavy atom. The normalized spacial score (nSPS) is 30.4. The van der Waals surface area contributed by atoms with Crippen molar-refractivity contribution in [2.45, 2.75) is 43.9 Å². The molecule has 148 valence electrons. The van der Waals surface area contributed by atoms with Crippen LogP contribution in [-0.4, -0.2) is 35.3 Å². The minimum absolute atomic E-state index is 0.0359. The van der Waals surface area contributed by atoms with Crippen LogP contribution in [0.3, 0.4) is 0 Å². The van der Waals surface area contributed by atoms with Crippen LogP contribution in [0.2, 0.25) is 0 Å². The van der Waals surface area contributed by atoms with Gasteiger partial charge in [-0.15, -0.1) is 11.3 Å². The summed E-state index contributed by atoms with van der Waals surface area (Å²) in [4.78, 5) is 30.7. The van der Waals surface area contributed by atoms with Crippen molar-refractivity contribution in [1.82, 2.24) is 9.88 Å². The van der Waals surface area contributed by atoms with Gasteiger partial charge in [0.25, 0.3) is 5.91 Å². The highest BCUT2D eigenvalue weighted by atomic mass is 32.1. The zero-order valence-electron chi connectivity index (χ0n) is 16.0. The van der Waals surface area contributed by atoms with Gasteiger partial charge >= 0.3 is 0 Å². The smallest absolute Gasteiger partial charge is 0.289 e. The van der Waals surface area contributed by atoms with Crippen molar-refractivity contribution in [3.05, 3.63) is 35.2 Å². The molecule has 4 aliphatic carbocycles. The largest absolute Gasteiger partial charge is 0.459 e. The summed E-state index contributed by atoms with van der Waals surface area (Å²) in [6, 6.07) is 3.25. The van der Waals surface area contributed by atoms with Gasteiger partial charge in [-0.25, -0.2) is 4.98 Å². The molecule has 2 amide bonds. The number of hydrogen-bond acceptors (Lipinski definition) is 5. The van der Waals surface area contributed by atoms with E-state index in [1.54, 1.807) is 19.2 Å². The number of likely N-dealkylation sites (N-methyl/N-ethyl adjacent to an activating group) is 1. The van der Waals surface area contributed by atoms with Crippen molar-refractivity contribution >= 4 is 28.3 Å². The van der Waals surface area contributed by atoms with Gasteiger partial charge in [-0.1, -0.05) is 0 Å². The van der Waals surface area contributed by atoms with Crippen molar-refractivity contribution in [3.63, 3.8) is 0 Å². The van der Waals surface area contributed by atoms with E-state index in [2.05, 4.69) is 10.7 Å². The summed E-state index contributed by atoms with van der Waals surface area (Å²) >= 11 is 1.50. The molecule has 4 fully saturated rings. The van der Waals surface area contributed by atoms with Crippen molar-refractivity contribution in [3.8, 4) is 0 Å². The fourth-order valence-corrected chi connectivity index (χ4v) is 6.88. The third-order valence-electron chi connectivity index (χ3n) is 6.79. The highest BCUT2D eigenvalue weighted by molar-refractivity contribution is 7.14. The van der Waals surface area contributed by atoms with E-state index in [1.807, 2.05) is 0 Å². The first-order valence-corrected chi connectivity index (χ1v) is 10.9. The molecule has 6 nitrogen and oxygen atoms in total. The van der Waals surface area contributed by atoms with E-state index in [9.17, 15) is 9.59 Å². The standard InChI is InChI=1S/C21H25N3O3S/c1-24(19(26)16-3-2-4-27-16)11-18(25)23-20-22-17(12-28-20)21-8-13-5-14(9-21)7-15(6-13)10-21/h2-4,12-15H,5-11H2,1H3,(H,22,23,25). The second-order valence-electron chi connectivity index (χ2n) is 8.92. The minimum Gasteiger partial charge on any atom is -0.459 e. The molecule has 0 unspecified atom stereocenters. The third kappa shape index (κ3) is 3.15. The molecule has 1 N–H and O–H groups in total. The van der Waals surface area contributed by atoms with Crippen LogP contribution >= 0.6 is 11.3 Å². The molecule has 4 aliphatic rings. The van der Waals surface area contributed by atoms with Crippen LogP contribution in [0.4, 0.5) is 5.13 Å². The molecule has 0 radical (unpaired) electrons. The summed E-state index contributed by atoms with van der Waals surface area (Å²) in [5.41, 5.74) is 1.41. The Labute approximate surface area is 168 Å². The van der Waals surface area contributed by atoms with E-state index < -0.39 is 0 Å². The lowest BCUT2D eigenvalue weighted by Gasteiger charge is -2.56. The highest BCUT2D eigenvalue weighted by Gasteiger charge is 2.52. The van der Waals surface area contributed by atoms with Crippen LogP contribution in [-0.2, 0) is 10.2 Å². The van der Waals surface area contributed by atoms with Gasteiger partial charge in [0.05, 0.1) is 12.0 Å². The summed E-state index contributed by atoms with van der Waals surface area (Å²) in [6.07, 6.45) is 9.45. The Bertz CT molecular complexity index is 853. The van der Waals surface area contributed by atoms with Crippen molar-refractivity contribution in [1.29, 1.82) is 0 Å². The molecule has 6 rings (SSSR count). The second-order valence-corrected chi connectivity index (χ2v) is 9.78. The average Bonchev–Trinajstić information content (AvgIpc) is 3.32. The fourth-order valence-electron chi connectivity index (χ4n) is 6.03. The first-order chi connectivity index (χ1) is 13.5. The van der Waals surface area contributed by atoms with Gasteiger partial charge in [-0.3, -0.25) is 9.59 Å². The maximum atomic E-state index is 12.4. The van der Waals surface area contributed by atoms with Crippen molar-refractivity contribution in [2.75, 3.05) is 18.9 Å². The van der Waals surface area contributed by atoms with Crippen LogP contribution in [0, 0.1) is 17.8 Å². The Morgan fingerprint density at radius 2 is 1.93 bits per heavy atom. The number of carbonyl (C=O) groups is 2. The first-order valence-electron chi connectivity index (χ1n) is 10.1. The monoisotopic (exact) mass is 399 g/mol. The zero-order chi connectivity index (χ0) is 19.3. The molecule has 0 spiro atoms. The predicted molar refractivity (Wildman–Crippen MR) is 106 cm³/mol. The molecule has 0 atom stereocenters. The minimum atomic E-state index is -0.312. The number of nitrogens with zero attached hydrogens (tertiary/aromatic N) is 2. The first kappa shape index (κ1) is 17.9. The molecule has 7 heteroatoms. The lowest BCUT2D eigenvalue weighted by Crippen LogP contribution is -2.48. The summed E-state index contributed by atoms with van der Waals surface area (Å²) in [5.74, 6) is 2.28. The molecule has 4 saturated carbocycles. The number of furan rings is 1. The van der Waals surface area contributed by atoms with E-state index in [0.717, 1.165) is 17.8 Å². The molecule has 2 aromatic heterocycles. The molecule has 2 heterocycles. The predicted octanol–water partition coefficient (Wildman–Crippen LogP) is 3.91. The molecular weight excluding hydrogens is 374 g/mol. The molecular formula is C21H25N3O3S. The van der Waals surface area contributed by atoms with Gasteiger partial charge in [0.1, 0.15) is 6.54 Å². The van der Waals surface area contributed by atoms with E-state index in [-0.39, 0.29) is 29.5 Å². The number of anilines is 1. The number of aromatic nitrogens is 1. The SMILES string of the molecule is CN(CC(=O)Nc1nc(C23CC4CC(CC(C4)C2)C3)cs1)C(=O)c1ccco1. The van der Waals surface area contributed by atoms with Crippen LogP contribution in [0.15, 0.2) is 28.2 Å². The molecule has 4 bridgehead atoms. The molecule has 0 aromatic carbocycles. The summed E-state index contributed by atoms with van der Waals surface area (Å²) in [6.45, 7) is -0.0359. The number of hydrogen-bond donors (Lipinski definition) is 1. The molecule has 0 saturated heterocycles. The quantitative estimate of drug-likeness (QED) is 0.827. The van der Waals surface area contributed by atoms with Crippen LogP contribution in [0.25, 0.3) is 0 Å². The number of carbonyl (C=O) groups excluding carboxylic acids is 2. The Hall–Kier alpha value is -2.15. The highest BCUT2D eigenvalue weighted by Crippen LogP contribution is 2.60. The Balaban J connectivity index is 1.23. The maximum absolute atomic E-state index is 12.4. The van der Waals surface area contributed by atoms with Gasteiger partial charge in [-0.05, 0) is 68.4 Å². The van der Waals surface area contributed by atoms with Gasteiger partial charge in [0.2, 0.25) is 5.91 Å². The topological polar surface area (TPSA) is 75.4 Å². The van der Waals surface area contributed by atoms with Crippen molar-refractivity contribution < 1.29 is 14.0 Å². The van der Waals surface area contributed by atoms with Gasteiger partial charge < -0.3 is 14.6 Å². The summed E-state index contributed by atoms with van der Waals surface area (Å²) < 4.78 is 5.10. The van der Waals surface area contributed by atoms with Crippen LogP contribution < -0.4 is 5.32 Å². The van der Waals surface area contributed by atoms with Crippen molar-refractivity contribution in [2.24, 2.45) is 17.8 Å². The number of thiazole rings is 1. The summed E-state index contributed by atoms with van der Waals surface area (Å²) in [7, 11) is 1.59. The van der Waals surface area contributed by atoms with E-state index >= 15 is 0 Å². The van der Waals surface area contributed by atoms with Gasteiger partial charge in [0.15, 0.2) is 10.9 Å². The van der Waals surface area contributed by atoms with Gasteiger partial charge in [-0.2, -0.15) is 0 Å². The van der Waals surface area contributed by atoms with E-state index in [0.29, 0.717) is 5.13 Å². The zero-order valence-corrected chi connectivity index (χ0v) is 16.8. The number of rotatable bonds is 5. The maximum Gasteiger partial charge on any atom is 0.289 e. The lowest BCUT2D eigenvalue weighted by atomic mass is 9.49. The third-order valence-corrected chi connectivity index (χ3v) is 7.55. The van der Waals surface area contributed by atoms with Gasteiger partial charge in [0, 0.05) is 17.8 Å². The Kier molecular flexibility index (Phi) is 4.30. The second kappa shape index (κ2) is 6.72.